The number of hydrogen-bond acceptors (Lipinski definition) is 5. The molecule has 0 aliphatic heterocycles. The van der Waals surface area contributed by atoms with Gasteiger partial charge in [0.25, 0.3) is 0 Å². The van der Waals surface area contributed by atoms with Crippen LogP contribution in [-0.2, 0) is 17.9 Å². The van der Waals surface area contributed by atoms with Gasteiger partial charge in [-0.3, -0.25) is 9.36 Å². The van der Waals surface area contributed by atoms with Crippen LogP contribution in [0.1, 0.15) is 5.82 Å². The van der Waals surface area contributed by atoms with Crippen LogP contribution in [0.25, 0.3) is 0 Å². The van der Waals surface area contributed by atoms with Gasteiger partial charge in [0, 0.05) is 6.54 Å². The molecule has 6 nitrogen and oxygen atoms in total. The molecular formula is C14H14ClFN4O2S. The Hall–Kier alpha value is -2.06. The van der Waals surface area contributed by atoms with Crippen molar-refractivity contribution < 1.29 is 13.9 Å². The first-order valence-corrected chi connectivity index (χ1v) is 7.89. The van der Waals surface area contributed by atoms with Gasteiger partial charge in [0.05, 0.1) is 10.8 Å². The molecule has 2 N–H and O–H groups in total. The Bertz CT molecular complexity index is 723. The van der Waals surface area contributed by atoms with Crippen molar-refractivity contribution in [2.75, 3.05) is 5.75 Å². The number of allylic oxidation sites excluding steroid dienone is 1. The van der Waals surface area contributed by atoms with Gasteiger partial charge in [-0.15, -0.1) is 16.8 Å². The number of amides is 1. The number of rotatable bonds is 8. The normalized spacial score (nSPS) is 10.5. The van der Waals surface area contributed by atoms with Crippen molar-refractivity contribution in [2.45, 2.75) is 18.3 Å². The molecule has 1 aromatic heterocycles. The van der Waals surface area contributed by atoms with Crippen molar-refractivity contribution in [1.82, 2.24) is 14.8 Å². The maximum atomic E-state index is 13.0. The van der Waals surface area contributed by atoms with Gasteiger partial charge in [0.1, 0.15) is 18.2 Å². The molecule has 0 atom stereocenters. The van der Waals surface area contributed by atoms with Crippen molar-refractivity contribution in [1.29, 1.82) is 0 Å². The van der Waals surface area contributed by atoms with Gasteiger partial charge in [0.15, 0.2) is 11.0 Å². The number of halogens is 2. The predicted molar refractivity (Wildman–Crippen MR) is 85.9 cm³/mol. The summed E-state index contributed by atoms with van der Waals surface area (Å²) in [4.78, 5) is 10.9. The summed E-state index contributed by atoms with van der Waals surface area (Å²) in [7, 11) is 0. The highest BCUT2D eigenvalue weighted by atomic mass is 35.5. The molecule has 2 rings (SSSR count). The smallest absolute Gasteiger partial charge is 0.227 e. The molecule has 23 heavy (non-hydrogen) atoms. The molecule has 1 aromatic carbocycles. The van der Waals surface area contributed by atoms with Crippen LogP contribution in [0.15, 0.2) is 36.0 Å². The third-order valence-corrected chi connectivity index (χ3v) is 3.98. The van der Waals surface area contributed by atoms with Gasteiger partial charge >= 0.3 is 0 Å². The van der Waals surface area contributed by atoms with E-state index in [1.165, 1.54) is 30.0 Å². The van der Waals surface area contributed by atoms with Crippen molar-refractivity contribution in [3.05, 3.63) is 47.5 Å². The highest BCUT2D eigenvalue weighted by molar-refractivity contribution is 7.99. The van der Waals surface area contributed by atoms with Gasteiger partial charge in [-0.25, -0.2) is 4.39 Å². The number of nitrogens with zero attached hydrogens (tertiary/aromatic N) is 3. The molecule has 0 fully saturated rings. The van der Waals surface area contributed by atoms with E-state index in [0.717, 1.165) is 0 Å². The quantitative estimate of drug-likeness (QED) is 0.580. The highest BCUT2D eigenvalue weighted by Crippen LogP contribution is 2.26. The number of thioether (sulfide) groups is 1. The van der Waals surface area contributed by atoms with Crippen molar-refractivity contribution in [3.8, 4) is 5.75 Å². The van der Waals surface area contributed by atoms with E-state index in [0.29, 0.717) is 23.3 Å². The molecule has 2 aromatic rings. The first kappa shape index (κ1) is 17.3. The molecule has 1 heterocycles. The monoisotopic (exact) mass is 356 g/mol. The number of benzene rings is 1. The zero-order valence-corrected chi connectivity index (χ0v) is 13.6. The summed E-state index contributed by atoms with van der Waals surface area (Å²) in [5.41, 5.74) is 5.13. The van der Waals surface area contributed by atoms with Gasteiger partial charge in [-0.1, -0.05) is 29.4 Å². The topological polar surface area (TPSA) is 83.0 Å². The molecule has 0 aliphatic rings. The number of carbonyl (C=O) groups is 1. The Morgan fingerprint density at radius 3 is 2.96 bits per heavy atom. The fourth-order valence-electron chi connectivity index (χ4n) is 1.72. The number of aromatic nitrogens is 3. The van der Waals surface area contributed by atoms with E-state index in [1.807, 2.05) is 0 Å². The van der Waals surface area contributed by atoms with Gasteiger partial charge in [-0.2, -0.15) is 0 Å². The lowest BCUT2D eigenvalue weighted by molar-refractivity contribution is -0.115. The van der Waals surface area contributed by atoms with E-state index in [1.54, 1.807) is 10.6 Å². The van der Waals surface area contributed by atoms with Crippen molar-refractivity contribution in [3.63, 3.8) is 0 Å². The second-order valence-electron chi connectivity index (χ2n) is 4.42. The summed E-state index contributed by atoms with van der Waals surface area (Å²) < 4.78 is 20.3. The molecule has 0 radical (unpaired) electrons. The average molecular weight is 357 g/mol. The molecule has 0 saturated carbocycles. The Balaban J connectivity index is 2.12. The van der Waals surface area contributed by atoms with E-state index < -0.39 is 11.7 Å². The largest absolute Gasteiger partial charge is 0.484 e. The zero-order valence-electron chi connectivity index (χ0n) is 12.0. The highest BCUT2D eigenvalue weighted by Gasteiger charge is 2.14. The second-order valence-corrected chi connectivity index (χ2v) is 5.77. The standard InChI is InChI=1S/C14H14ClFN4O2S/c1-2-5-20-13(18-19-14(20)23-8-12(17)21)7-22-11-4-3-9(16)6-10(11)15/h2-4,6H,1,5,7-8H2,(H2,17,21). The van der Waals surface area contributed by atoms with E-state index in [-0.39, 0.29) is 17.4 Å². The molecule has 0 unspecified atom stereocenters. The maximum absolute atomic E-state index is 13.0. The first-order chi connectivity index (χ1) is 11.0. The van der Waals surface area contributed by atoms with E-state index in [9.17, 15) is 9.18 Å². The Kier molecular flexibility index (Phi) is 6.00. The fraction of sp³-hybridized carbons (Fsp3) is 0.214. The van der Waals surface area contributed by atoms with Crippen LogP contribution in [0.5, 0.6) is 5.75 Å². The van der Waals surface area contributed by atoms with E-state index >= 15 is 0 Å². The van der Waals surface area contributed by atoms with Crippen LogP contribution in [0.3, 0.4) is 0 Å². The molecule has 0 spiro atoms. The lowest BCUT2D eigenvalue weighted by atomic mass is 10.3. The summed E-state index contributed by atoms with van der Waals surface area (Å²) in [6.07, 6.45) is 1.67. The summed E-state index contributed by atoms with van der Waals surface area (Å²) in [5, 5.41) is 8.73. The minimum Gasteiger partial charge on any atom is -0.484 e. The fourth-order valence-corrected chi connectivity index (χ4v) is 2.64. The molecular weight excluding hydrogens is 343 g/mol. The molecule has 1 amide bonds. The van der Waals surface area contributed by atoms with Crippen LogP contribution >= 0.6 is 23.4 Å². The molecule has 0 bridgehead atoms. The summed E-state index contributed by atoms with van der Waals surface area (Å²) in [6.45, 7) is 4.21. The Morgan fingerprint density at radius 1 is 1.52 bits per heavy atom. The van der Waals surface area contributed by atoms with Crippen LogP contribution in [0, 0.1) is 5.82 Å². The second kappa shape index (κ2) is 7.98. The summed E-state index contributed by atoms with van der Waals surface area (Å²) in [5.74, 6) is 0.0751. The van der Waals surface area contributed by atoms with Gasteiger partial charge in [-0.05, 0) is 18.2 Å². The van der Waals surface area contributed by atoms with E-state index in [2.05, 4.69) is 16.8 Å². The Morgan fingerprint density at radius 2 is 2.30 bits per heavy atom. The summed E-state index contributed by atoms with van der Waals surface area (Å²) >= 11 is 7.09. The maximum Gasteiger partial charge on any atom is 0.227 e. The minimum absolute atomic E-state index is 0.0866. The number of nitrogens with two attached hydrogens (primary N) is 1. The van der Waals surface area contributed by atoms with Crippen LogP contribution in [-0.4, -0.2) is 26.4 Å². The average Bonchev–Trinajstić information content (AvgIpc) is 2.87. The Labute approximate surface area is 141 Å². The third-order valence-electron chi connectivity index (χ3n) is 2.70. The van der Waals surface area contributed by atoms with Crippen LogP contribution in [0.4, 0.5) is 4.39 Å². The van der Waals surface area contributed by atoms with Crippen molar-refractivity contribution >= 4 is 29.3 Å². The van der Waals surface area contributed by atoms with E-state index in [4.69, 9.17) is 22.1 Å². The third kappa shape index (κ3) is 4.70. The summed E-state index contributed by atoms with van der Waals surface area (Å²) in [6, 6.07) is 3.86. The SMILES string of the molecule is C=CCn1c(COc2ccc(F)cc2Cl)nnc1SCC(N)=O. The molecule has 9 heteroatoms. The number of carbonyl (C=O) groups excluding carboxylic acids is 1. The van der Waals surface area contributed by atoms with Gasteiger partial charge in [0.2, 0.25) is 5.91 Å². The van der Waals surface area contributed by atoms with Crippen LogP contribution < -0.4 is 10.5 Å². The van der Waals surface area contributed by atoms with Crippen molar-refractivity contribution in [2.24, 2.45) is 5.73 Å². The number of primary amides is 1. The van der Waals surface area contributed by atoms with Crippen LogP contribution in [0.2, 0.25) is 5.02 Å². The predicted octanol–water partition coefficient (Wildman–Crippen LogP) is 2.41. The van der Waals surface area contributed by atoms with Gasteiger partial charge < -0.3 is 10.5 Å². The molecule has 0 aliphatic carbocycles. The minimum atomic E-state index is -0.445. The lowest BCUT2D eigenvalue weighted by Gasteiger charge is -2.09. The number of ether oxygens (including phenoxy) is 1. The lowest BCUT2D eigenvalue weighted by Crippen LogP contribution is -2.14. The zero-order chi connectivity index (χ0) is 16.8. The molecule has 122 valence electrons. The molecule has 0 saturated heterocycles. The first-order valence-electron chi connectivity index (χ1n) is 6.53. The number of hydrogen-bond donors (Lipinski definition) is 1.